The fraction of sp³-hybridized carbons (Fsp3) is 0.531. The van der Waals surface area contributed by atoms with Crippen LogP contribution >= 0.6 is 0 Å². The smallest absolute Gasteiger partial charge is 0.870 e. The van der Waals surface area contributed by atoms with Gasteiger partial charge in [-0.15, -0.1) is 0 Å². The fourth-order valence-electron chi connectivity index (χ4n) is 5.18. The average Bonchev–Trinajstić information content (AvgIpc) is 2.70. The number of benzene rings is 2. The van der Waals surface area contributed by atoms with E-state index < -0.39 is 5.97 Å². The normalized spacial score (nSPS) is 11.4. The molecule has 0 aliphatic rings. The molecule has 2 rings (SSSR count). The zero-order chi connectivity index (χ0) is 28.8. The second-order valence-corrected chi connectivity index (χ2v) is 13.5. The van der Waals surface area contributed by atoms with Gasteiger partial charge < -0.3 is 15.3 Å². The summed E-state index contributed by atoms with van der Waals surface area (Å²) in [4.78, 5) is 11.0. The Hall–Kier alpha value is -2.35. The number of aromatic hydroxyl groups is 1. The van der Waals surface area contributed by atoms with E-state index in [0.717, 1.165) is 24.0 Å². The van der Waals surface area contributed by atoms with Gasteiger partial charge in [-0.25, -0.2) is 0 Å². The summed E-state index contributed by atoms with van der Waals surface area (Å²) in [6.07, 6.45) is 2.02. The molecule has 2 aromatic rings. The number of esters is 1. The summed E-state index contributed by atoms with van der Waals surface area (Å²) in [5.74, 6) is -0.0266. The van der Waals surface area contributed by atoms with Gasteiger partial charge in [-0.2, -0.15) is 10.5 Å². The molecule has 0 radical (unpaired) electrons. The van der Waals surface area contributed by atoms with Crippen molar-refractivity contribution in [2.75, 3.05) is 0 Å². The standard InChI is InChI=1S/C17H23NO2.C15H21NO.Na.H2O/c1-12(19)20-15-8-7-14(9-13(15)10-18)17(5,6)11-16(2,3)4;1-14(2,3)10-15(4,5)12-6-7-13(17)11(8-12)9-16;;/h7-9H,11H2,1-6H3;6-8,17H,10H2,1-5H3;;1H2/q;;+1;/p-1. The number of hydrogen-bond acceptors (Lipinski definition) is 6. The molecule has 0 aliphatic carbocycles. The third-order valence-electron chi connectivity index (χ3n) is 5.98. The molecule has 7 heteroatoms. The molecule has 0 fully saturated rings. The first-order valence-corrected chi connectivity index (χ1v) is 12.7. The van der Waals surface area contributed by atoms with E-state index in [1.54, 1.807) is 18.2 Å². The molecule has 208 valence electrons. The molecular weight excluding hydrogens is 499 g/mol. The number of phenolic OH excluding ortho intramolecular Hbond substituents is 1. The third-order valence-corrected chi connectivity index (χ3v) is 5.98. The van der Waals surface area contributed by atoms with Crippen molar-refractivity contribution >= 4 is 5.97 Å². The summed E-state index contributed by atoms with van der Waals surface area (Å²) >= 11 is 0. The predicted molar refractivity (Wildman–Crippen MR) is 151 cm³/mol. The maximum atomic E-state index is 11.0. The Morgan fingerprint density at radius 2 is 1.15 bits per heavy atom. The Morgan fingerprint density at radius 3 is 1.51 bits per heavy atom. The van der Waals surface area contributed by atoms with E-state index in [-0.39, 0.29) is 62.4 Å². The molecule has 2 N–H and O–H groups in total. The first-order chi connectivity index (χ1) is 16.7. The van der Waals surface area contributed by atoms with Gasteiger partial charge in [-0.1, -0.05) is 81.4 Å². The molecule has 39 heavy (non-hydrogen) atoms. The Bertz CT molecular complexity index is 1190. The Morgan fingerprint density at radius 1 is 0.769 bits per heavy atom. The van der Waals surface area contributed by atoms with Gasteiger partial charge in [0.25, 0.3) is 0 Å². The number of hydrogen-bond donors (Lipinski definition) is 1. The molecule has 0 bridgehead atoms. The maximum absolute atomic E-state index is 11.0. The van der Waals surface area contributed by atoms with Crippen LogP contribution in [0, 0.1) is 33.5 Å². The summed E-state index contributed by atoms with van der Waals surface area (Å²) < 4.78 is 5.04. The van der Waals surface area contributed by atoms with Crippen LogP contribution < -0.4 is 34.3 Å². The molecule has 0 unspecified atom stereocenters. The van der Waals surface area contributed by atoms with Gasteiger partial charge in [0.05, 0.1) is 11.1 Å². The van der Waals surface area contributed by atoms with Crippen molar-refractivity contribution in [1.82, 2.24) is 0 Å². The molecule has 0 amide bonds. The molecule has 0 spiro atoms. The number of carbonyl (C=O) groups excluding carboxylic acids is 1. The number of phenols is 1. The summed E-state index contributed by atoms with van der Waals surface area (Å²) in [6.45, 7) is 23.2. The molecular formula is C32H45N2NaO4. The van der Waals surface area contributed by atoms with Crippen LogP contribution in [0.4, 0.5) is 0 Å². The predicted octanol–water partition coefficient (Wildman–Crippen LogP) is 5.00. The number of carbonyl (C=O) groups is 1. The van der Waals surface area contributed by atoms with Crippen molar-refractivity contribution in [3.63, 3.8) is 0 Å². The van der Waals surface area contributed by atoms with Crippen molar-refractivity contribution in [2.45, 2.75) is 99.8 Å². The Labute approximate surface area is 258 Å². The zero-order valence-electron chi connectivity index (χ0n) is 26.0. The maximum Gasteiger partial charge on any atom is 1.00 e. The van der Waals surface area contributed by atoms with Gasteiger partial charge in [0.1, 0.15) is 23.6 Å². The molecule has 0 heterocycles. The summed E-state index contributed by atoms with van der Waals surface area (Å²) in [5, 5.41) is 27.7. The average molecular weight is 545 g/mol. The SMILES string of the molecule is CC(=O)Oc1ccc(C(C)(C)CC(C)(C)C)cc1C#N.CC(C)(C)CC(C)(C)c1ccc(O)c(C#N)c1.[Na+].[OH-]. The van der Waals surface area contributed by atoms with E-state index in [4.69, 9.17) is 10.00 Å². The van der Waals surface area contributed by atoms with E-state index in [1.165, 1.54) is 6.92 Å². The van der Waals surface area contributed by atoms with Gasteiger partial charge in [0.15, 0.2) is 0 Å². The topological polar surface area (TPSA) is 124 Å². The third kappa shape index (κ3) is 13.0. The molecule has 0 saturated heterocycles. The summed E-state index contributed by atoms with van der Waals surface area (Å²) in [6, 6.07) is 14.9. The molecule has 0 aromatic heterocycles. The Kier molecular flexibility index (Phi) is 14.8. The second-order valence-electron chi connectivity index (χ2n) is 13.5. The first-order valence-electron chi connectivity index (χ1n) is 12.7. The number of ether oxygens (including phenoxy) is 1. The van der Waals surface area contributed by atoms with Gasteiger partial charge in [0, 0.05) is 6.92 Å². The van der Waals surface area contributed by atoms with Crippen LogP contribution in [0.15, 0.2) is 36.4 Å². The van der Waals surface area contributed by atoms with Gasteiger partial charge >= 0.3 is 35.5 Å². The number of rotatable bonds is 5. The minimum atomic E-state index is -0.414. The van der Waals surface area contributed by atoms with Crippen molar-refractivity contribution in [3.8, 4) is 23.6 Å². The quantitative estimate of drug-likeness (QED) is 0.321. The van der Waals surface area contributed by atoms with E-state index >= 15 is 0 Å². The first kappa shape index (κ1) is 38.8. The van der Waals surface area contributed by atoms with Crippen molar-refractivity contribution < 1.29 is 49.7 Å². The van der Waals surface area contributed by atoms with E-state index in [1.807, 2.05) is 24.3 Å². The van der Waals surface area contributed by atoms with E-state index in [2.05, 4.69) is 75.3 Å². The number of nitrogens with zero attached hydrogens (tertiary/aromatic N) is 2. The van der Waals surface area contributed by atoms with Crippen LogP contribution in [0.5, 0.6) is 11.5 Å². The van der Waals surface area contributed by atoms with E-state index in [0.29, 0.717) is 16.9 Å². The minimum absolute atomic E-state index is 0. The van der Waals surface area contributed by atoms with Crippen molar-refractivity contribution in [1.29, 1.82) is 10.5 Å². The summed E-state index contributed by atoms with van der Waals surface area (Å²) in [7, 11) is 0. The molecule has 2 aromatic carbocycles. The van der Waals surface area contributed by atoms with Crippen LogP contribution in [0.2, 0.25) is 0 Å². The van der Waals surface area contributed by atoms with Crippen LogP contribution in [0.25, 0.3) is 0 Å². The molecule has 0 atom stereocenters. The molecule has 0 aliphatic heterocycles. The van der Waals surface area contributed by atoms with Crippen molar-refractivity contribution in [2.24, 2.45) is 10.8 Å². The van der Waals surface area contributed by atoms with Crippen LogP contribution in [0.3, 0.4) is 0 Å². The fourth-order valence-corrected chi connectivity index (χ4v) is 5.18. The van der Waals surface area contributed by atoms with Crippen LogP contribution in [-0.2, 0) is 15.6 Å². The van der Waals surface area contributed by atoms with Gasteiger partial charge in [-0.3, -0.25) is 4.79 Å². The monoisotopic (exact) mass is 544 g/mol. The minimum Gasteiger partial charge on any atom is -0.870 e. The number of nitriles is 2. The second kappa shape index (κ2) is 14.9. The Balaban J connectivity index is 0. The molecule has 6 nitrogen and oxygen atoms in total. The zero-order valence-corrected chi connectivity index (χ0v) is 28.0. The van der Waals surface area contributed by atoms with Crippen LogP contribution in [-0.4, -0.2) is 16.6 Å². The van der Waals surface area contributed by atoms with Crippen LogP contribution in [0.1, 0.15) is 111 Å². The largest absolute Gasteiger partial charge is 1.00 e. The van der Waals surface area contributed by atoms with Crippen molar-refractivity contribution in [3.05, 3.63) is 58.7 Å². The molecule has 0 saturated carbocycles. The van der Waals surface area contributed by atoms with Gasteiger partial charge in [-0.05, 0) is 69.9 Å². The van der Waals surface area contributed by atoms with E-state index in [9.17, 15) is 15.2 Å². The van der Waals surface area contributed by atoms with Gasteiger partial charge in [0.2, 0.25) is 0 Å². The summed E-state index contributed by atoms with van der Waals surface area (Å²) in [5.41, 5.74) is 3.32.